The Labute approximate surface area is 213 Å². The molecule has 0 aliphatic carbocycles. The molecule has 0 saturated carbocycles. The zero-order chi connectivity index (χ0) is 26.6. The van der Waals surface area contributed by atoms with Crippen LogP contribution in [0.25, 0.3) is 0 Å². The first-order chi connectivity index (χ1) is 17.0. The van der Waals surface area contributed by atoms with Gasteiger partial charge in [-0.3, -0.25) is 19.3 Å². The van der Waals surface area contributed by atoms with Gasteiger partial charge in [0.1, 0.15) is 16.7 Å². The van der Waals surface area contributed by atoms with Crippen LogP contribution in [0.1, 0.15) is 63.2 Å². The number of carbonyl (C=O) groups is 3. The van der Waals surface area contributed by atoms with Gasteiger partial charge in [-0.1, -0.05) is 32.0 Å². The minimum absolute atomic E-state index is 0.0231. The van der Waals surface area contributed by atoms with E-state index in [9.17, 15) is 18.8 Å². The first-order valence-electron chi connectivity index (χ1n) is 11.5. The summed E-state index contributed by atoms with van der Waals surface area (Å²) in [5.74, 6) is -2.04. The number of hydrogen-bond acceptors (Lipinski definition) is 6. The zero-order valence-electron chi connectivity index (χ0n) is 20.7. The second kappa shape index (κ2) is 11.3. The highest BCUT2D eigenvalue weighted by Gasteiger charge is 2.36. The lowest BCUT2D eigenvalue weighted by Gasteiger charge is -2.32. The van der Waals surface area contributed by atoms with Crippen LogP contribution in [0.15, 0.2) is 42.5 Å². The number of aryl methyl sites for hydroxylation is 2. The van der Waals surface area contributed by atoms with E-state index >= 15 is 0 Å². The fourth-order valence-corrected chi connectivity index (χ4v) is 4.60. The van der Waals surface area contributed by atoms with Gasteiger partial charge in [0.2, 0.25) is 5.91 Å². The maximum Gasteiger partial charge on any atom is 0.273 e. The van der Waals surface area contributed by atoms with E-state index in [4.69, 9.17) is 11.5 Å². The first-order valence-corrected chi connectivity index (χ1v) is 12.3. The van der Waals surface area contributed by atoms with E-state index in [0.29, 0.717) is 23.7 Å². The molecule has 0 saturated heterocycles. The number of hydrogen-bond donors (Lipinski definition) is 3. The fraction of sp³-hybridized carbons (Fsp3) is 0.308. The van der Waals surface area contributed by atoms with Crippen LogP contribution in [0.5, 0.6) is 0 Å². The molecule has 0 aliphatic rings. The minimum atomic E-state index is -1.15. The van der Waals surface area contributed by atoms with Gasteiger partial charge < -0.3 is 16.8 Å². The number of nitrogens with zero attached hydrogens (tertiary/aromatic N) is 2. The molecule has 5 N–H and O–H groups in total. The molecule has 0 aliphatic heterocycles. The van der Waals surface area contributed by atoms with Crippen LogP contribution in [0.3, 0.4) is 0 Å². The van der Waals surface area contributed by atoms with Crippen molar-refractivity contribution in [1.29, 1.82) is 0 Å². The average molecular weight is 512 g/mol. The number of rotatable bonds is 9. The van der Waals surface area contributed by atoms with Gasteiger partial charge in [0.25, 0.3) is 11.8 Å². The number of nitrogens with one attached hydrogen (secondary N) is 1. The number of nitrogen functional groups attached to an aromatic ring is 1. The zero-order valence-corrected chi connectivity index (χ0v) is 21.5. The predicted molar refractivity (Wildman–Crippen MR) is 139 cm³/mol. The SMILES string of the molecule is Cc1cc(C)cc(N(C(=O)c2snc(C(N)=O)c2N)C(C(=O)NCCC(C)C)c2ccc(F)cc2)c1. The molecule has 3 rings (SSSR count). The average Bonchev–Trinajstić information content (AvgIpc) is 3.18. The maximum atomic E-state index is 14.0. The third-order valence-corrected chi connectivity index (χ3v) is 6.42. The molecule has 10 heteroatoms. The van der Waals surface area contributed by atoms with E-state index in [1.165, 1.54) is 29.2 Å². The molecule has 1 atom stereocenters. The molecule has 0 fully saturated rings. The van der Waals surface area contributed by atoms with Gasteiger partial charge in [-0.2, -0.15) is 4.37 Å². The van der Waals surface area contributed by atoms with Crippen molar-refractivity contribution in [2.45, 2.75) is 40.2 Å². The second-order valence-corrected chi connectivity index (χ2v) is 9.86. The van der Waals surface area contributed by atoms with E-state index in [2.05, 4.69) is 9.69 Å². The van der Waals surface area contributed by atoms with Gasteiger partial charge in [-0.05, 0) is 78.7 Å². The maximum absolute atomic E-state index is 14.0. The third-order valence-electron chi connectivity index (χ3n) is 5.57. The van der Waals surface area contributed by atoms with E-state index in [1.54, 1.807) is 12.1 Å². The molecule has 1 heterocycles. The summed E-state index contributed by atoms with van der Waals surface area (Å²) in [6.07, 6.45) is 0.739. The molecule has 1 unspecified atom stereocenters. The van der Waals surface area contributed by atoms with Crippen molar-refractivity contribution in [3.05, 3.63) is 75.5 Å². The number of halogens is 1. The Hall–Kier alpha value is -3.79. The Morgan fingerprint density at radius 3 is 2.22 bits per heavy atom. The normalized spacial score (nSPS) is 11.8. The van der Waals surface area contributed by atoms with Crippen molar-refractivity contribution in [3.63, 3.8) is 0 Å². The molecular weight excluding hydrogens is 481 g/mol. The molecule has 190 valence electrons. The number of aromatic nitrogens is 1. The van der Waals surface area contributed by atoms with Gasteiger partial charge in [-0.25, -0.2) is 4.39 Å². The summed E-state index contributed by atoms with van der Waals surface area (Å²) in [7, 11) is 0. The molecule has 8 nitrogen and oxygen atoms in total. The van der Waals surface area contributed by atoms with Crippen LogP contribution in [0, 0.1) is 25.6 Å². The van der Waals surface area contributed by atoms with Crippen LogP contribution in [-0.2, 0) is 4.79 Å². The largest absolute Gasteiger partial charge is 0.395 e. The predicted octanol–water partition coefficient (Wildman–Crippen LogP) is 4.13. The van der Waals surface area contributed by atoms with Gasteiger partial charge in [-0.15, -0.1) is 0 Å². The van der Waals surface area contributed by atoms with Crippen molar-refractivity contribution in [1.82, 2.24) is 9.69 Å². The van der Waals surface area contributed by atoms with Crippen LogP contribution >= 0.6 is 11.5 Å². The minimum Gasteiger partial charge on any atom is -0.395 e. The summed E-state index contributed by atoms with van der Waals surface area (Å²) < 4.78 is 17.7. The van der Waals surface area contributed by atoms with E-state index in [1.807, 2.05) is 33.8 Å². The number of anilines is 2. The van der Waals surface area contributed by atoms with Crippen molar-refractivity contribution in [2.24, 2.45) is 11.7 Å². The van der Waals surface area contributed by atoms with Gasteiger partial charge in [0, 0.05) is 12.2 Å². The molecule has 3 amide bonds. The molecule has 2 aromatic carbocycles. The van der Waals surface area contributed by atoms with E-state index in [0.717, 1.165) is 29.1 Å². The summed E-state index contributed by atoms with van der Waals surface area (Å²) in [4.78, 5) is 40.6. The lowest BCUT2D eigenvalue weighted by molar-refractivity contribution is -0.122. The Morgan fingerprint density at radius 2 is 1.69 bits per heavy atom. The smallest absolute Gasteiger partial charge is 0.273 e. The number of amides is 3. The Balaban J connectivity index is 2.19. The van der Waals surface area contributed by atoms with Crippen molar-refractivity contribution in [2.75, 3.05) is 17.2 Å². The fourth-order valence-electron chi connectivity index (χ4n) is 3.86. The van der Waals surface area contributed by atoms with E-state index < -0.39 is 29.6 Å². The number of primary amides is 1. The highest BCUT2D eigenvalue weighted by molar-refractivity contribution is 7.09. The quantitative estimate of drug-likeness (QED) is 0.397. The van der Waals surface area contributed by atoms with Crippen LogP contribution in [0.2, 0.25) is 0 Å². The summed E-state index contributed by atoms with van der Waals surface area (Å²) in [5.41, 5.74) is 13.7. The van der Waals surface area contributed by atoms with Crippen molar-refractivity contribution in [3.8, 4) is 0 Å². The number of benzene rings is 2. The van der Waals surface area contributed by atoms with Gasteiger partial charge >= 0.3 is 0 Å². The third kappa shape index (κ3) is 6.06. The molecule has 1 aromatic heterocycles. The lowest BCUT2D eigenvalue weighted by atomic mass is 10.0. The molecular formula is C26H30FN5O3S. The topological polar surface area (TPSA) is 131 Å². The summed E-state index contributed by atoms with van der Waals surface area (Å²) in [5, 5.41) is 2.91. The number of carbonyl (C=O) groups excluding carboxylic acids is 3. The second-order valence-electron chi connectivity index (χ2n) is 9.09. The Kier molecular flexibility index (Phi) is 8.41. The Bertz CT molecular complexity index is 1250. The van der Waals surface area contributed by atoms with Crippen LogP contribution < -0.4 is 21.7 Å². The summed E-state index contributed by atoms with van der Waals surface area (Å²) in [6.45, 7) is 8.23. The Morgan fingerprint density at radius 1 is 1.08 bits per heavy atom. The van der Waals surface area contributed by atoms with Crippen LogP contribution in [-0.4, -0.2) is 28.6 Å². The van der Waals surface area contributed by atoms with Gasteiger partial charge in [0.15, 0.2) is 5.69 Å². The molecule has 0 bridgehead atoms. The highest BCUT2D eigenvalue weighted by Crippen LogP contribution is 2.34. The molecule has 36 heavy (non-hydrogen) atoms. The summed E-state index contributed by atoms with van der Waals surface area (Å²) >= 11 is 0.734. The van der Waals surface area contributed by atoms with Gasteiger partial charge in [0.05, 0.1) is 5.69 Å². The molecule has 0 spiro atoms. The highest BCUT2D eigenvalue weighted by atomic mass is 32.1. The van der Waals surface area contributed by atoms with Crippen LogP contribution in [0.4, 0.5) is 15.8 Å². The lowest BCUT2D eigenvalue weighted by Crippen LogP contribution is -2.44. The summed E-state index contributed by atoms with van der Waals surface area (Å²) in [6, 6.07) is 9.74. The van der Waals surface area contributed by atoms with E-state index in [-0.39, 0.29) is 16.3 Å². The standard InChI is InChI=1S/C26H30FN5O3S/c1-14(2)9-10-30-25(34)22(17-5-7-18(27)8-6-17)32(19-12-15(3)11-16(4)13-19)26(35)23-20(28)21(24(29)33)31-36-23/h5-8,11-14,22H,9-10,28H2,1-4H3,(H2,29,33)(H,30,34). The van der Waals surface area contributed by atoms with Crippen molar-refractivity contribution >= 4 is 40.6 Å². The monoisotopic (exact) mass is 511 g/mol. The molecule has 0 radical (unpaired) electrons. The first kappa shape index (κ1) is 26.8. The van der Waals surface area contributed by atoms with Crippen molar-refractivity contribution < 1.29 is 18.8 Å². The molecule has 3 aromatic rings. The number of nitrogens with two attached hydrogens (primary N) is 2.